The Bertz CT molecular complexity index is 1010. The Labute approximate surface area is 152 Å². The molecule has 0 aliphatic heterocycles. The number of aromatic nitrogens is 1. The van der Waals surface area contributed by atoms with Gasteiger partial charge in [-0.25, -0.2) is 13.1 Å². The number of aryl methyl sites for hydroxylation is 2. The van der Waals surface area contributed by atoms with Crippen LogP contribution in [0.1, 0.15) is 16.8 Å². The number of ether oxygens (including phenoxy) is 1. The van der Waals surface area contributed by atoms with Gasteiger partial charge in [0.2, 0.25) is 10.0 Å². The zero-order valence-electron chi connectivity index (χ0n) is 14.8. The lowest BCUT2D eigenvalue weighted by molar-refractivity contribution is 0.401. The van der Waals surface area contributed by atoms with Gasteiger partial charge in [0.25, 0.3) is 0 Å². The first-order chi connectivity index (χ1) is 12.4. The van der Waals surface area contributed by atoms with E-state index in [0.29, 0.717) is 11.3 Å². The van der Waals surface area contributed by atoms with Crippen molar-refractivity contribution in [1.82, 2.24) is 9.88 Å². The van der Waals surface area contributed by atoms with Crippen LogP contribution in [0.4, 0.5) is 0 Å². The van der Waals surface area contributed by atoms with Crippen molar-refractivity contribution in [2.75, 3.05) is 7.11 Å². The van der Waals surface area contributed by atoms with E-state index in [9.17, 15) is 8.42 Å². The molecule has 0 aliphatic rings. The van der Waals surface area contributed by atoms with E-state index in [1.165, 1.54) is 13.2 Å². The minimum absolute atomic E-state index is 0.0760. The highest BCUT2D eigenvalue weighted by atomic mass is 32.2. The molecule has 0 saturated carbocycles. The Morgan fingerprint density at radius 2 is 1.81 bits per heavy atom. The van der Waals surface area contributed by atoms with Gasteiger partial charge in [-0.1, -0.05) is 35.0 Å². The van der Waals surface area contributed by atoms with E-state index in [1.54, 1.807) is 18.2 Å². The zero-order chi connectivity index (χ0) is 18.7. The number of benzene rings is 2. The van der Waals surface area contributed by atoms with Crippen LogP contribution in [0.2, 0.25) is 0 Å². The largest absolute Gasteiger partial charge is 0.495 e. The third-order valence-corrected chi connectivity index (χ3v) is 5.39. The zero-order valence-corrected chi connectivity index (χ0v) is 15.6. The fourth-order valence-electron chi connectivity index (χ4n) is 2.50. The summed E-state index contributed by atoms with van der Waals surface area (Å²) in [5.74, 6) is 0.797. The van der Waals surface area contributed by atoms with Gasteiger partial charge in [-0.3, -0.25) is 0 Å². The van der Waals surface area contributed by atoms with E-state index < -0.39 is 10.0 Å². The van der Waals surface area contributed by atoms with Crippen molar-refractivity contribution in [3.8, 4) is 17.1 Å². The van der Waals surface area contributed by atoms with Crippen LogP contribution in [0.5, 0.6) is 5.75 Å². The summed E-state index contributed by atoms with van der Waals surface area (Å²) in [5.41, 5.74) is 3.44. The molecule has 1 aromatic heterocycles. The van der Waals surface area contributed by atoms with E-state index in [1.807, 2.05) is 38.1 Å². The van der Waals surface area contributed by atoms with Crippen LogP contribution >= 0.6 is 0 Å². The number of nitrogens with one attached hydrogen (secondary N) is 1. The topological polar surface area (TPSA) is 81.4 Å². The Balaban J connectivity index is 1.85. The fourth-order valence-corrected chi connectivity index (χ4v) is 3.67. The van der Waals surface area contributed by atoms with Gasteiger partial charge in [-0.15, -0.1) is 0 Å². The van der Waals surface area contributed by atoms with Gasteiger partial charge >= 0.3 is 0 Å². The third kappa shape index (κ3) is 3.95. The summed E-state index contributed by atoms with van der Waals surface area (Å²) in [6.07, 6.45) is 0. The Morgan fingerprint density at radius 3 is 2.42 bits per heavy atom. The molecule has 0 aliphatic carbocycles. The lowest BCUT2D eigenvalue weighted by Crippen LogP contribution is -2.23. The summed E-state index contributed by atoms with van der Waals surface area (Å²) in [6.45, 7) is 4.00. The predicted molar refractivity (Wildman–Crippen MR) is 98.4 cm³/mol. The summed E-state index contributed by atoms with van der Waals surface area (Å²) in [6, 6.07) is 14.2. The molecule has 0 bridgehead atoms. The van der Waals surface area contributed by atoms with Crippen LogP contribution in [-0.2, 0) is 16.6 Å². The number of nitrogens with zero attached hydrogens (tertiary/aromatic N) is 1. The van der Waals surface area contributed by atoms with Crippen LogP contribution in [0, 0.1) is 13.8 Å². The lowest BCUT2D eigenvalue weighted by Gasteiger charge is -2.12. The highest BCUT2D eigenvalue weighted by Gasteiger charge is 2.20. The molecule has 2 aromatic carbocycles. The average molecular weight is 372 g/mol. The monoisotopic (exact) mass is 372 g/mol. The van der Waals surface area contributed by atoms with Gasteiger partial charge in [-0.05, 0) is 37.6 Å². The van der Waals surface area contributed by atoms with Gasteiger partial charge in [0, 0.05) is 18.2 Å². The summed E-state index contributed by atoms with van der Waals surface area (Å²) in [5, 5.41) is 3.84. The second kappa shape index (κ2) is 7.31. The Kier molecular flexibility index (Phi) is 5.11. The van der Waals surface area contributed by atoms with Gasteiger partial charge in [-0.2, -0.15) is 0 Å². The summed E-state index contributed by atoms with van der Waals surface area (Å²) in [7, 11) is -2.29. The molecule has 136 valence electrons. The molecule has 0 atom stereocenters. The minimum Gasteiger partial charge on any atom is -0.495 e. The van der Waals surface area contributed by atoms with Gasteiger partial charge in [0.05, 0.1) is 12.8 Å². The fraction of sp³-hybridized carbons (Fsp3) is 0.211. The number of rotatable bonds is 6. The molecule has 6 nitrogen and oxygen atoms in total. The van der Waals surface area contributed by atoms with Crippen molar-refractivity contribution in [1.29, 1.82) is 0 Å². The molecule has 0 unspecified atom stereocenters. The Morgan fingerprint density at radius 1 is 1.08 bits per heavy atom. The summed E-state index contributed by atoms with van der Waals surface area (Å²) in [4.78, 5) is 0.0760. The first-order valence-electron chi connectivity index (χ1n) is 8.06. The molecule has 7 heteroatoms. The number of hydrogen-bond acceptors (Lipinski definition) is 5. The van der Waals surface area contributed by atoms with Gasteiger partial charge in [0.15, 0.2) is 5.76 Å². The second-order valence-electron chi connectivity index (χ2n) is 6.01. The second-order valence-corrected chi connectivity index (χ2v) is 7.74. The molecular formula is C19H20N2O4S. The number of hydrogen-bond donors (Lipinski definition) is 1. The molecule has 1 heterocycles. The van der Waals surface area contributed by atoms with Crippen LogP contribution in [0.25, 0.3) is 11.3 Å². The normalized spacial score (nSPS) is 11.5. The first-order valence-corrected chi connectivity index (χ1v) is 9.54. The van der Waals surface area contributed by atoms with Crippen LogP contribution in [0.3, 0.4) is 0 Å². The highest BCUT2D eigenvalue weighted by Crippen LogP contribution is 2.30. The van der Waals surface area contributed by atoms with Crippen LogP contribution in [0.15, 0.2) is 57.9 Å². The van der Waals surface area contributed by atoms with Gasteiger partial charge < -0.3 is 9.26 Å². The van der Waals surface area contributed by atoms with Crippen molar-refractivity contribution in [2.45, 2.75) is 25.3 Å². The maximum atomic E-state index is 12.7. The Hall–Kier alpha value is -2.64. The average Bonchev–Trinajstić information content (AvgIpc) is 3.07. The van der Waals surface area contributed by atoms with Crippen molar-refractivity contribution >= 4 is 10.0 Å². The molecule has 0 saturated heterocycles. The van der Waals surface area contributed by atoms with Crippen LogP contribution in [-0.4, -0.2) is 20.7 Å². The molecule has 0 fully saturated rings. The summed E-state index contributed by atoms with van der Waals surface area (Å²) < 4.78 is 38.5. The van der Waals surface area contributed by atoms with Crippen molar-refractivity contribution in [2.24, 2.45) is 0 Å². The van der Waals surface area contributed by atoms with Crippen molar-refractivity contribution in [3.05, 3.63) is 65.4 Å². The SMILES string of the molecule is COc1cc(-c2cc(C)no2)ccc1S(=O)(=O)NCc1ccc(C)cc1. The van der Waals surface area contributed by atoms with Gasteiger partial charge in [0.1, 0.15) is 10.6 Å². The number of methoxy groups -OCH3 is 1. The maximum absolute atomic E-state index is 12.7. The van der Waals surface area contributed by atoms with Crippen molar-refractivity contribution in [3.63, 3.8) is 0 Å². The van der Waals surface area contributed by atoms with E-state index in [0.717, 1.165) is 16.8 Å². The highest BCUT2D eigenvalue weighted by molar-refractivity contribution is 7.89. The number of sulfonamides is 1. The lowest BCUT2D eigenvalue weighted by atomic mass is 10.1. The van der Waals surface area contributed by atoms with Crippen molar-refractivity contribution < 1.29 is 17.7 Å². The molecule has 3 aromatic rings. The molecule has 0 spiro atoms. The first kappa shape index (κ1) is 18.2. The molecular weight excluding hydrogens is 352 g/mol. The van der Waals surface area contributed by atoms with Crippen LogP contribution < -0.4 is 9.46 Å². The maximum Gasteiger partial charge on any atom is 0.244 e. The molecule has 0 amide bonds. The standard InChI is InChI=1S/C19H20N2O4S/c1-13-4-6-15(7-5-13)12-20-26(22,23)19-9-8-16(11-18(19)24-3)17-10-14(2)21-25-17/h4-11,20H,12H2,1-3H3. The molecule has 26 heavy (non-hydrogen) atoms. The van der Waals surface area contributed by atoms with E-state index in [2.05, 4.69) is 9.88 Å². The summed E-state index contributed by atoms with van der Waals surface area (Å²) >= 11 is 0. The third-order valence-electron chi connectivity index (χ3n) is 3.95. The predicted octanol–water partition coefficient (Wildman–Crippen LogP) is 3.45. The van der Waals surface area contributed by atoms with E-state index in [4.69, 9.17) is 9.26 Å². The molecule has 3 rings (SSSR count). The molecule has 1 N–H and O–H groups in total. The molecule has 0 radical (unpaired) electrons. The van der Waals surface area contributed by atoms with E-state index in [-0.39, 0.29) is 17.2 Å². The minimum atomic E-state index is -3.73. The van der Waals surface area contributed by atoms with E-state index >= 15 is 0 Å². The quantitative estimate of drug-likeness (QED) is 0.717. The smallest absolute Gasteiger partial charge is 0.244 e.